The summed E-state index contributed by atoms with van der Waals surface area (Å²) in [5, 5.41) is 14.7. The van der Waals surface area contributed by atoms with Crippen LogP contribution < -0.4 is 11.1 Å². The van der Waals surface area contributed by atoms with Gasteiger partial charge in [0.25, 0.3) is 5.89 Å². The zero-order chi connectivity index (χ0) is 22.0. The number of hydrogen-bond donors (Lipinski definition) is 2. The fourth-order valence-electron chi connectivity index (χ4n) is 3.14. The van der Waals surface area contributed by atoms with Crippen LogP contribution in [0.15, 0.2) is 47.0 Å². The van der Waals surface area contributed by atoms with Gasteiger partial charge < -0.3 is 15.6 Å². The molecule has 158 valence electrons. The van der Waals surface area contributed by atoms with E-state index in [9.17, 15) is 9.18 Å². The second-order valence-corrected chi connectivity index (χ2v) is 6.92. The van der Waals surface area contributed by atoms with Gasteiger partial charge in [0.1, 0.15) is 12.4 Å². The first kappa shape index (κ1) is 20.2. The molecular weight excluding hydrogens is 401 g/mol. The molecule has 3 N–H and O–H groups in total. The Kier molecular flexibility index (Phi) is 5.44. The maximum atomic E-state index is 13.1. The number of halogens is 1. The number of carbonyl (C=O) groups is 1. The fraction of sp³-hybridized carbons (Fsp3) is 0.190. The molecule has 0 bridgehead atoms. The first-order chi connectivity index (χ1) is 15.0. The summed E-state index contributed by atoms with van der Waals surface area (Å²) in [6.45, 7) is 3.83. The molecule has 0 aliphatic rings. The van der Waals surface area contributed by atoms with E-state index in [1.54, 1.807) is 0 Å². The number of rotatable bonds is 6. The van der Waals surface area contributed by atoms with Crippen LogP contribution in [0, 0.1) is 12.7 Å². The summed E-state index contributed by atoms with van der Waals surface area (Å²) < 4.78 is 19.6. The van der Waals surface area contributed by atoms with Crippen molar-refractivity contribution in [3.05, 3.63) is 59.4 Å². The third-order valence-corrected chi connectivity index (χ3v) is 4.80. The highest BCUT2D eigenvalue weighted by atomic mass is 19.1. The van der Waals surface area contributed by atoms with E-state index >= 15 is 0 Å². The lowest BCUT2D eigenvalue weighted by atomic mass is 10.1. The highest BCUT2D eigenvalue weighted by Crippen LogP contribution is 2.25. The zero-order valence-electron chi connectivity index (χ0n) is 17.0. The molecule has 0 radical (unpaired) electrons. The van der Waals surface area contributed by atoms with Crippen LogP contribution in [-0.4, -0.2) is 31.0 Å². The largest absolute Gasteiger partial charge is 0.382 e. The number of aromatic nitrogens is 5. The third-order valence-electron chi connectivity index (χ3n) is 4.80. The van der Waals surface area contributed by atoms with Crippen molar-refractivity contribution in [3.8, 4) is 23.0 Å². The summed E-state index contributed by atoms with van der Waals surface area (Å²) >= 11 is 0. The van der Waals surface area contributed by atoms with Gasteiger partial charge in [0.05, 0.1) is 0 Å². The van der Waals surface area contributed by atoms with Crippen molar-refractivity contribution >= 4 is 17.4 Å². The van der Waals surface area contributed by atoms with E-state index < -0.39 is 0 Å². The molecule has 0 spiro atoms. The molecule has 4 aromatic rings. The minimum atomic E-state index is -0.366. The molecule has 0 atom stereocenters. The van der Waals surface area contributed by atoms with Gasteiger partial charge in [-0.05, 0) is 48.7 Å². The lowest BCUT2D eigenvalue weighted by molar-refractivity contribution is -0.116. The van der Waals surface area contributed by atoms with Gasteiger partial charge in [-0.3, -0.25) is 4.79 Å². The number of nitrogens with zero attached hydrogens (tertiary/aromatic N) is 5. The monoisotopic (exact) mass is 421 g/mol. The summed E-state index contributed by atoms with van der Waals surface area (Å²) in [4.78, 5) is 16.8. The second kappa shape index (κ2) is 8.34. The number of amides is 1. The number of anilines is 2. The average Bonchev–Trinajstić information content (AvgIpc) is 3.37. The number of nitrogen functional groups attached to an aromatic ring is 1. The SMILES string of the molecule is CCc1cccc(C)c1NC(=O)Cn1nnc(-c2nc(-c3ccc(F)cc3)no2)c1N. The maximum Gasteiger partial charge on any atom is 0.282 e. The number of benzene rings is 2. The minimum Gasteiger partial charge on any atom is -0.382 e. The molecule has 0 unspecified atom stereocenters. The Hall–Kier alpha value is -4.08. The molecule has 0 saturated heterocycles. The van der Waals surface area contributed by atoms with Crippen molar-refractivity contribution in [2.75, 3.05) is 11.1 Å². The summed E-state index contributed by atoms with van der Waals surface area (Å²) in [7, 11) is 0. The molecule has 0 saturated carbocycles. The summed E-state index contributed by atoms with van der Waals surface area (Å²) in [5.74, 6) is -0.228. The molecule has 10 heteroatoms. The van der Waals surface area contributed by atoms with Crippen LogP contribution in [0.4, 0.5) is 15.9 Å². The van der Waals surface area contributed by atoms with E-state index in [0.717, 1.165) is 23.2 Å². The van der Waals surface area contributed by atoms with Crippen molar-refractivity contribution in [2.45, 2.75) is 26.8 Å². The lowest BCUT2D eigenvalue weighted by Gasteiger charge is -2.13. The molecule has 0 fully saturated rings. The zero-order valence-corrected chi connectivity index (χ0v) is 17.0. The Balaban J connectivity index is 1.51. The Bertz CT molecular complexity index is 1230. The van der Waals surface area contributed by atoms with Crippen molar-refractivity contribution in [1.29, 1.82) is 0 Å². The summed E-state index contributed by atoms with van der Waals surface area (Å²) in [6, 6.07) is 11.5. The van der Waals surface area contributed by atoms with Crippen molar-refractivity contribution in [2.24, 2.45) is 0 Å². The van der Waals surface area contributed by atoms with Crippen molar-refractivity contribution in [1.82, 2.24) is 25.1 Å². The minimum absolute atomic E-state index is 0.0515. The van der Waals surface area contributed by atoms with Crippen LogP contribution in [0.2, 0.25) is 0 Å². The predicted molar refractivity (Wildman–Crippen MR) is 112 cm³/mol. The maximum absolute atomic E-state index is 13.1. The van der Waals surface area contributed by atoms with Gasteiger partial charge in [-0.25, -0.2) is 9.07 Å². The summed E-state index contributed by atoms with van der Waals surface area (Å²) in [5.41, 5.74) is 9.65. The van der Waals surface area contributed by atoms with Gasteiger partial charge in [0.2, 0.25) is 11.7 Å². The van der Waals surface area contributed by atoms with Crippen molar-refractivity contribution in [3.63, 3.8) is 0 Å². The van der Waals surface area contributed by atoms with E-state index in [1.165, 1.54) is 28.9 Å². The van der Waals surface area contributed by atoms with Gasteiger partial charge in [-0.2, -0.15) is 4.98 Å². The van der Waals surface area contributed by atoms with E-state index in [2.05, 4.69) is 25.8 Å². The molecule has 0 aliphatic carbocycles. The molecule has 2 aromatic carbocycles. The van der Waals surface area contributed by atoms with E-state index in [4.69, 9.17) is 10.3 Å². The van der Waals surface area contributed by atoms with E-state index in [1.807, 2.05) is 32.0 Å². The Morgan fingerprint density at radius 1 is 1.23 bits per heavy atom. The Morgan fingerprint density at radius 3 is 2.74 bits per heavy atom. The number of nitrogens with two attached hydrogens (primary N) is 1. The molecule has 0 aliphatic heterocycles. The first-order valence-electron chi connectivity index (χ1n) is 9.63. The lowest BCUT2D eigenvalue weighted by Crippen LogP contribution is -2.21. The molecule has 1 amide bonds. The van der Waals surface area contributed by atoms with Crippen LogP contribution in [0.3, 0.4) is 0 Å². The first-order valence-corrected chi connectivity index (χ1v) is 9.63. The molecule has 2 aromatic heterocycles. The van der Waals surface area contributed by atoms with Crippen molar-refractivity contribution < 1.29 is 13.7 Å². The van der Waals surface area contributed by atoms with Crippen LogP contribution in [0.1, 0.15) is 18.1 Å². The molecule has 2 heterocycles. The topological polar surface area (TPSA) is 125 Å². The van der Waals surface area contributed by atoms with E-state index in [0.29, 0.717) is 5.56 Å². The van der Waals surface area contributed by atoms with Crippen LogP contribution in [-0.2, 0) is 17.8 Å². The molecule has 9 nitrogen and oxygen atoms in total. The number of nitrogens with one attached hydrogen (secondary N) is 1. The van der Waals surface area contributed by atoms with E-state index in [-0.39, 0.29) is 41.5 Å². The standard InChI is InChI=1S/C21H20FN7O2/c1-3-13-6-4-5-12(2)17(13)24-16(30)11-29-19(23)18(26-28-29)21-25-20(27-31-21)14-7-9-15(22)10-8-14/h4-10H,3,11,23H2,1-2H3,(H,24,30). The number of aryl methyl sites for hydroxylation is 2. The van der Waals surface area contributed by atoms with Gasteiger partial charge in [-0.15, -0.1) is 5.10 Å². The Morgan fingerprint density at radius 2 is 2.00 bits per heavy atom. The van der Waals surface area contributed by atoms with Gasteiger partial charge in [-0.1, -0.05) is 35.5 Å². The van der Waals surface area contributed by atoms with Gasteiger partial charge in [0, 0.05) is 11.3 Å². The van der Waals surface area contributed by atoms with Gasteiger partial charge >= 0.3 is 0 Å². The second-order valence-electron chi connectivity index (χ2n) is 6.92. The van der Waals surface area contributed by atoms with Crippen LogP contribution >= 0.6 is 0 Å². The number of hydrogen-bond acceptors (Lipinski definition) is 7. The molecule has 4 rings (SSSR count). The quantitative estimate of drug-likeness (QED) is 0.490. The smallest absolute Gasteiger partial charge is 0.282 e. The Labute approximate surface area is 177 Å². The van der Waals surface area contributed by atoms with Gasteiger partial charge in [0.15, 0.2) is 11.5 Å². The summed E-state index contributed by atoms with van der Waals surface area (Å²) in [6.07, 6.45) is 0.792. The van der Waals surface area contributed by atoms with Crippen LogP contribution in [0.5, 0.6) is 0 Å². The molecule has 31 heavy (non-hydrogen) atoms. The highest BCUT2D eigenvalue weighted by molar-refractivity contribution is 5.92. The molecular formula is C21H20FN7O2. The number of carbonyl (C=O) groups excluding carboxylic acids is 1. The average molecular weight is 421 g/mol. The normalized spacial score (nSPS) is 10.9. The number of para-hydroxylation sites is 1. The third kappa shape index (κ3) is 4.13. The predicted octanol–water partition coefficient (Wildman–Crippen LogP) is 3.23. The highest BCUT2D eigenvalue weighted by Gasteiger charge is 2.20. The van der Waals surface area contributed by atoms with Crippen LogP contribution in [0.25, 0.3) is 23.0 Å². The fourth-order valence-corrected chi connectivity index (χ4v) is 3.14.